The van der Waals surface area contributed by atoms with Crippen molar-refractivity contribution in [2.75, 3.05) is 25.1 Å². The number of carbonyl (C=O) groups is 3. The molecule has 11 heteroatoms. The molecule has 3 aliphatic rings. The second-order valence-electron chi connectivity index (χ2n) is 9.98. The van der Waals surface area contributed by atoms with Crippen molar-refractivity contribution in [2.45, 2.75) is 44.4 Å². The van der Waals surface area contributed by atoms with Crippen LogP contribution in [0, 0.1) is 11.8 Å². The number of allylic oxidation sites excluding steroid dienone is 1. The summed E-state index contributed by atoms with van der Waals surface area (Å²) in [7, 11) is 3.16. The first kappa shape index (κ1) is 24.6. The van der Waals surface area contributed by atoms with Gasteiger partial charge in [0, 0.05) is 23.2 Å². The number of nitrogens with one attached hydrogen (secondary N) is 1. The Hall–Kier alpha value is -3.57. The van der Waals surface area contributed by atoms with Crippen molar-refractivity contribution in [1.29, 1.82) is 0 Å². The highest BCUT2D eigenvalue weighted by Gasteiger charge is 2.63. The molecule has 4 rings (SSSR count). The van der Waals surface area contributed by atoms with Gasteiger partial charge in [-0.25, -0.2) is 0 Å². The number of phenols is 1. The quantitative estimate of drug-likeness (QED) is 0.136. The summed E-state index contributed by atoms with van der Waals surface area (Å²) in [5, 5.41) is 47.5. The van der Waals surface area contributed by atoms with Gasteiger partial charge in [0.25, 0.3) is 5.91 Å². The Morgan fingerprint density at radius 2 is 1.86 bits per heavy atom. The number of amides is 1. The highest BCUT2D eigenvalue weighted by Crippen LogP contribution is 2.53. The van der Waals surface area contributed by atoms with E-state index in [2.05, 4.69) is 5.32 Å². The molecule has 0 bridgehead atoms. The van der Waals surface area contributed by atoms with Gasteiger partial charge in [-0.1, -0.05) is 0 Å². The zero-order chi connectivity index (χ0) is 26.1. The molecule has 35 heavy (non-hydrogen) atoms. The summed E-state index contributed by atoms with van der Waals surface area (Å²) in [5.41, 5.74) is 8.44. The summed E-state index contributed by atoms with van der Waals surface area (Å²) in [6, 6.07) is 0.493. The molecule has 1 aromatic rings. The molecule has 3 aliphatic carbocycles. The topological polar surface area (TPSA) is 199 Å². The number of anilines is 2. The SMILES string of the molecule is CC(C)Nc1cc(N)c(O)c2c1CC1CC3[C@H](N(C)C)C(O)=C(C(N)=O)C(=O)C3(O)C(O)=C1C2=O. The van der Waals surface area contributed by atoms with E-state index in [0.29, 0.717) is 11.3 Å². The molecule has 1 amide bonds. The molecule has 0 spiro atoms. The van der Waals surface area contributed by atoms with Crippen molar-refractivity contribution in [2.24, 2.45) is 17.6 Å². The summed E-state index contributed by atoms with van der Waals surface area (Å²) >= 11 is 0. The van der Waals surface area contributed by atoms with Crippen LogP contribution in [0.2, 0.25) is 0 Å². The zero-order valence-corrected chi connectivity index (χ0v) is 19.9. The van der Waals surface area contributed by atoms with Crippen LogP contribution in [-0.2, 0) is 16.0 Å². The number of aliphatic hydroxyl groups excluding tert-OH is 2. The third-order valence-electron chi connectivity index (χ3n) is 7.20. The number of hydrogen-bond donors (Lipinski definition) is 7. The molecule has 0 fully saturated rings. The van der Waals surface area contributed by atoms with Crippen LogP contribution in [-0.4, -0.2) is 74.6 Å². The van der Waals surface area contributed by atoms with Crippen LogP contribution in [0.5, 0.6) is 5.75 Å². The Balaban J connectivity index is 1.97. The van der Waals surface area contributed by atoms with Crippen LogP contribution < -0.4 is 16.8 Å². The van der Waals surface area contributed by atoms with Crippen molar-refractivity contribution in [3.05, 3.63) is 39.9 Å². The summed E-state index contributed by atoms with van der Waals surface area (Å²) in [4.78, 5) is 40.4. The number of nitrogen functional groups attached to an aromatic ring is 1. The minimum atomic E-state index is -2.67. The average Bonchev–Trinajstić information content (AvgIpc) is 2.73. The van der Waals surface area contributed by atoms with Gasteiger partial charge < -0.3 is 37.2 Å². The van der Waals surface area contributed by atoms with E-state index >= 15 is 0 Å². The van der Waals surface area contributed by atoms with Crippen molar-refractivity contribution in [3.8, 4) is 5.75 Å². The van der Waals surface area contributed by atoms with Gasteiger partial charge in [0.15, 0.2) is 11.4 Å². The Labute approximate surface area is 201 Å². The molecular weight excluding hydrogens is 456 g/mol. The molecule has 188 valence electrons. The van der Waals surface area contributed by atoms with Gasteiger partial charge in [0.05, 0.1) is 17.3 Å². The van der Waals surface area contributed by atoms with E-state index < -0.39 is 63.8 Å². The minimum Gasteiger partial charge on any atom is -0.510 e. The van der Waals surface area contributed by atoms with E-state index in [9.17, 15) is 34.8 Å². The van der Waals surface area contributed by atoms with Crippen LogP contribution in [0.1, 0.15) is 36.2 Å². The van der Waals surface area contributed by atoms with E-state index in [1.807, 2.05) is 13.8 Å². The third kappa shape index (κ3) is 3.29. The third-order valence-corrected chi connectivity index (χ3v) is 7.20. The first-order chi connectivity index (χ1) is 16.2. The van der Waals surface area contributed by atoms with E-state index in [-0.39, 0.29) is 35.7 Å². The summed E-state index contributed by atoms with van der Waals surface area (Å²) in [6.07, 6.45) is 0.218. The average molecular weight is 487 g/mol. The smallest absolute Gasteiger partial charge is 0.255 e. The van der Waals surface area contributed by atoms with Gasteiger partial charge in [-0.3, -0.25) is 19.3 Å². The number of likely N-dealkylation sites (N-methyl/N-ethyl adjacent to an activating group) is 1. The fraction of sp³-hybridized carbons (Fsp3) is 0.458. The van der Waals surface area contributed by atoms with Crippen LogP contribution in [0.4, 0.5) is 11.4 Å². The predicted octanol–water partition coefficient (Wildman–Crippen LogP) is 0.523. The van der Waals surface area contributed by atoms with E-state index in [1.54, 1.807) is 14.1 Å². The fourth-order valence-corrected chi connectivity index (χ4v) is 5.78. The summed E-state index contributed by atoms with van der Waals surface area (Å²) in [5.74, 6) is -6.98. The number of phenolic OH excluding ortho intramolecular Hbond substituents is 1. The number of ketones is 2. The van der Waals surface area contributed by atoms with Gasteiger partial charge in [0.1, 0.15) is 22.8 Å². The Morgan fingerprint density at radius 3 is 2.40 bits per heavy atom. The molecule has 1 aromatic carbocycles. The number of benzene rings is 1. The van der Waals surface area contributed by atoms with Gasteiger partial charge in [-0.2, -0.15) is 0 Å². The number of aliphatic hydroxyl groups is 3. The highest BCUT2D eigenvalue weighted by atomic mass is 16.3. The Morgan fingerprint density at radius 1 is 1.23 bits per heavy atom. The normalized spacial score (nSPS) is 28.3. The van der Waals surface area contributed by atoms with E-state index in [4.69, 9.17) is 11.5 Å². The summed E-state index contributed by atoms with van der Waals surface area (Å²) < 4.78 is 0. The maximum atomic E-state index is 13.6. The van der Waals surface area contributed by atoms with Gasteiger partial charge in [-0.05, 0) is 58.3 Å². The number of rotatable bonds is 4. The van der Waals surface area contributed by atoms with Crippen LogP contribution >= 0.6 is 0 Å². The monoisotopic (exact) mass is 486 g/mol. The molecular formula is C24H30N4O7. The number of carbonyl (C=O) groups excluding carboxylic acids is 3. The van der Waals surface area contributed by atoms with Crippen LogP contribution in [0.15, 0.2) is 28.7 Å². The predicted molar refractivity (Wildman–Crippen MR) is 127 cm³/mol. The molecule has 0 saturated carbocycles. The maximum absolute atomic E-state index is 13.6. The lowest BCUT2D eigenvalue weighted by molar-refractivity contribution is -0.148. The molecule has 0 aromatic heterocycles. The molecule has 0 heterocycles. The zero-order valence-electron chi connectivity index (χ0n) is 19.9. The number of fused-ring (bicyclic) bond motifs is 3. The number of nitrogens with zero attached hydrogens (tertiary/aromatic N) is 1. The molecule has 0 aliphatic heterocycles. The van der Waals surface area contributed by atoms with Gasteiger partial charge >= 0.3 is 0 Å². The Kier molecular flexibility index (Phi) is 5.61. The molecule has 0 saturated heterocycles. The van der Waals surface area contributed by atoms with Crippen molar-refractivity contribution in [1.82, 2.24) is 4.90 Å². The number of aromatic hydroxyl groups is 1. The highest BCUT2D eigenvalue weighted by molar-refractivity contribution is 6.25. The number of primary amides is 1. The van der Waals surface area contributed by atoms with Crippen molar-refractivity contribution in [3.63, 3.8) is 0 Å². The van der Waals surface area contributed by atoms with Crippen LogP contribution in [0.25, 0.3) is 0 Å². The minimum absolute atomic E-state index is 0.0108. The molecule has 0 radical (unpaired) electrons. The molecule has 9 N–H and O–H groups in total. The van der Waals surface area contributed by atoms with Gasteiger partial charge in [-0.15, -0.1) is 0 Å². The maximum Gasteiger partial charge on any atom is 0.255 e. The van der Waals surface area contributed by atoms with Crippen molar-refractivity contribution < 1.29 is 34.8 Å². The number of Topliss-reactive ketones (excluding diaryl/α,β-unsaturated/α-hetero) is 2. The summed E-state index contributed by atoms with van der Waals surface area (Å²) in [6.45, 7) is 3.80. The van der Waals surface area contributed by atoms with Gasteiger partial charge in [0.2, 0.25) is 5.78 Å². The lowest BCUT2D eigenvalue weighted by Gasteiger charge is -2.50. The lowest BCUT2D eigenvalue weighted by Crippen LogP contribution is -2.63. The molecule has 4 atom stereocenters. The molecule has 11 nitrogen and oxygen atoms in total. The second-order valence-corrected chi connectivity index (χ2v) is 9.98. The first-order valence-electron chi connectivity index (χ1n) is 11.3. The Bertz CT molecular complexity index is 1230. The lowest BCUT2D eigenvalue weighted by atomic mass is 9.58. The van der Waals surface area contributed by atoms with Crippen molar-refractivity contribution >= 4 is 28.8 Å². The standard InChI is InChI=1S/C24H30N4O7/c1-8(2)27-13-7-12(25)18(29)15-10(13)5-9-6-11-17(28(3)4)20(31)16(23(26)34)22(33)24(11,35)21(32)14(9)19(15)30/h7-9,11,17,27,29,31-32,35H,5-6,25H2,1-4H3,(H2,26,34)/t9?,11?,17-,24?/m0/s1. The van der Waals surface area contributed by atoms with Crippen LogP contribution in [0.3, 0.4) is 0 Å². The number of hydrogen-bond acceptors (Lipinski definition) is 10. The fourth-order valence-electron chi connectivity index (χ4n) is 5.78. The van der Waals surface area contributed by atoms with E-state index in [0.717, 1.165) is 0 Å². The largest absolute Gasteiger partial charge is 0.510 e. The van der Waals surface area contributed by atoms with E-state index in [1.165, 1.54) is 11.0 Å². The second kappa shape index (κ2) is 7.99. The number of nitrogens with two attached hydrogens (primary N) is 2. The first-order valence-corrected chi connectivity index (χ1v) is 11.3. The molecule has 3 unspecified atom stereocenters.